The summed E-state index contributed by atoms with van der Waals surface area (Å²) in [5.74, 6) is -0.333. The van der Waals surface area contributed by atoms with Crippen LogP contribution in [0.4, 0.5) is 6.01 Å². The number of nitrogens with one attached hydrogen (secondary N) is 1. The lowest BCUT2D eigenvalue weighted by Gasteiger charge is -2.34. The highest BCUT2D eigenvalue weighted by molar-refractivity contribution is 7.89. The lowest BCUT2D eigenvalue weighted by atomic mass is 10.2. The second kappa shape index (κ2) is 8.53. The Labute approximate surface area is 179 Å². The summed E-state index contributed by atoms with van der Waals surface area (Å²) >= 11 is 0. The Morgan fingerprint density at radius 2 is 1.77 bits per heavy atom. The normalized spacial score (nSPS) is 19.8. The number of hydrogen-bond donors (Lipinski definition) is 1. The first-order chi connectivity index (χ1) is 14.8. The van der Waals surface area contributed by atoms with Gasteiger partial charge in [0.25, 0.3) is 11.8 Å². The van der Waals surface area contributed by atoms with Crippen LogP contribution < -0.4 is 5.32 Å². The van der Waals surface area contributed by atoms with Gasteiger partial charge in [0.2, 0.25) is 10.0 Å². The van der Waals surface area contributed by atoms with E-state index in [2.05, 4.69) is 20.5 Å². The van der Waals surface area contributed by atoms with Crippen LogP contribution in [0.3, 0.4) is 0 Å². The molecule has 10 nitrogen and oxygen atoms in total. The highest BCUT2D eigenvalue weighted by atomic mass is 32.2. The third kappa shape index (κ3) is 4.63. The molecule has 31 heavy (non-hydrogen) atoms. The van der Waals surface area contributed by atoms with E-state index >= 15 is 0 Å². The van der Waals surface area contributed by atoms with Crippen molar-refractivity contribution in [2.24, 2.45) is 0 Å². The van der Waals surface area contributed by atoms with Crippen LogP contribution >= 0.6 is 0 Å². The summed E-state index contributed by atoms with van der Waals surface area (Å²) in [5.41, 5.74) is 0.733. The van der Waals surface area contributed by atoms with E-state index in [1.807, 2.05) is 13.8 Å². The molecule has 3 aromatic rings. The van der Waals surface area contributed by atoms with Gasteiger partial charge in [-0.05, 0) is 50.2 Å². The van der Waals surface area contributed by atoms with Gasteiger partial charge in [-0.2, -0.15) is 4.31 Å². The molecule has 1 fully saturated rings. The van der Waals surface area contributed by atoms with Crippen LogP contribution in [0.5, 0.6) is 0 Å². The van der Waals surface area contributed by atoms with Crippen LogP contribution in [0.15, 0.2) is 58.0 Å². The van der Waals surface area contributed by atoms with Crippen molar-refractivity contribution in [3.63, 3.8) is 0 Å². The zero-order valence-corrected chi connectivity index (χ0v) is 17.7. The minimum absolute atomic E-state index is 0.0846. The Balaban J connectivity index is 1.45. The van der Waals surface area contributed by atoms with Gasteiger partial charge in [0.1, 0.15) is 5.69 Å². The predicted octanol–water partition coefficient (Wildman–Crippen LogP) is 2.18. The van der Waals surface area contributed by atoms with Gasteiger partial charge in [0.15, 0.2) is 0 Å². The number of carbonyl (C=O) groups is 1. The molecule has 1 aliphatic heterocycles. The minimum Gasteiger partial charge on any atom is -0.401 e. The predicted molar refractivity (Wildman–Crippen MR) is 111 cm³/mol. The molecule has 3 heterocycles. The average molecular weight is 443 g/mol. The number of rotatable bonds is 5. The summed E-state index contributed by atoms with van der Waals surface area (Å²) in [6.07, 6.45) is 1.22. The monoisotopic (exact) mass is 443 g/mol. The number of hydrogen-bond acceptors (Lipinski definition) is 8. The number of benzene rings is 1. The zero-order chi connectivity index (χ0) is 22.0. The van der Waals surface area contributed by atoms with Crippen LogP contribution in [0.1, 0.15) is 24.2 Å². The topological polar surface area (TPSA) is 128 Å². The number of pyridine rings is 1. The van der Waals surface area contributed by atoms with Crippen LogP contribution in [-0.4, -0.2) is 59.1 Å². The van der Waals surface area contributed by atoms with Gasteiger partial charge < -0.3 is 9.15 Å². The summed E-state index contributed by atoms with van der Waals surface area (Å²) in [7, 11) is -3.68. The van der Waals surface area contributed by atoms with Crippen molar-refractivity contribution < 1.29 is 22.4 Å². The van der Waals surface area contributed by atoms with E-state index in [1.54, 1.807) is 24.4 Å². The Morgan fingerprint density at radius 1 is 1.06 bits per heavy atom. The number of amides is 1. The molecule has 0 spiro atoms. The number of sulfonamides is 1. The first kappa shape index (κ1) is 21.1. The van der Waals surface area contributed by atoms with E-state index in [0.717, 1.165) is 0 Å². The molecular formula is C20H21N5O5S. The van der Waals surface area contributed by atoms with Crippen molar-refractivity contribution in [1.82, 2.24) is 19.5 Å². The molecule has 0 saturated carbocycles. The third-order valence-electron chi connectivity index (χ3n) is 4.67. The fourth-order valence-electron chi connectivity index (χ4n) is 3.29. The number of ether oxygens (including phenoxy) is 1. The standard InChI is InChI=1S/C20H21N5O5S/c1-13-11-25(12-14(2)29-13)31(27,28)16-8-6-15(7-9-16)18(26)22-20-24-23-19(30-20)17-5-3-4-10-21-17/h3-10,13-14H,11-12H2,1-2H3,(H,22,24,26)/t13-,14-/m1/s1. The Bertz CT molecular complexity index is 1150. The number of nitrogens with zero attached hydrogens (tertiary/aromatic N) is 4. The molecule has 1 aliphatic rings. The second-order valence-corrected chi connectivity index (χ2v) is 9.12. The molecule has 1 N–H and O–H groups in total. The smallest absolute Gasteiger partial charge is 0.322 e. The largest absolute Gasteiger partial charge is 0.401 e. The van der Waals surface area contributed by atoms with Gasteiger partial charge in [-0.15, -0.1) is 5.10 Å². The Kier molecular flexibility index (Phi) is 5.81. The van der Waals surface area contributed by atoms with E-state index in [4.69, 9.17) is 9.15 Å². The summed E-state index contributed by atoms with van der Waals surface area (Å²) in [4.78, 5) is 16.7. The first-order valence-electron chi connectivity index (χ1n) is 9.65. The van der Waals surface area contributed by atoms with Gasteiger partial charge in [0, 0.05) is 24.8 Å². The highest BCUT2D eigenvalue weighted by Gasteiger charge is 2.32. The molecule has 0 bridgehead atoms. The SMILES string of the molecule is C[C@@H]1CN(S(=O)(=O)c2ccc(C(=O)Nc3nnc(-c4ccccn4)o3)cc2)C[C@@H](C)O1. The quantitative estimate of drug-likeness (QED) is 0.636. The lowest BCUT2D eigenvalue weighted by Crippen LogP contribution is -2.48. The van der Waals surface area contributed by atoms with Crippen molar-refractivity contribution in [1.29, 1.82) is 0 Å². The zero-order valence-electron chi connectivity index (χ0n) is 16.9. The molecule has 0 aliphatic carbocycles. The van der Waals surface area contributed by atoms with Crippen molar-refractivity contribution in [2.45, 2.75) is 31.0 Å². The van der Waals surface area contributed by atoms with Crippen molar-refractivity contribution in [3.8, 4) is 11.6 Å². The van der Waals surface area contributed by atoms with Crippen molar-refractivity contribution in [3.05, 3.63) is 54.2 Å². The summed E-state index contributed by atoms with van der Waals surface area (Å²) < 4.78 is 38.2. The molecule has 2 aromatic heterocycles. The van der Waals surface area contributed by atoms with Crippen LogP contribution in [0.2, 0.25) is 0 Å². The molecule has 1 saturated heterocycles. The van der Waals surface area contributed by atoms with E-state index < -0.39 is 15.9 Å². The molecule has 4 rings (SSSR count). The summed E-state index contributed by atoms with van der Waals surface area (Å²) in [6, 6.07) is 10.8. The maximum Gasteiger partial charge on any atom is 0.322 e. The summed E-state index contributed by atoms with van der Waals surface area (Å²) in [5, 5.41) is 10.1. The van der Waals surface area contributed by atoms with Gasteiger partial charge >= 0.3 is 6.01 Å². The number of anilines is 1. The van der Waals surface area contributed by atoms with Crippen molar-refractivity contribution >= 4 is 21.9 Å². The average Bonchev–Trinajstić information content (AvgIpc) is 3.22. The molecular weight excluding hydrogens is 422 g/mol. The van der Waals surface area contributed by atoms with E-state index in [9.17, 15) is 13.2 Å². The highest BCUT2D eigenvalue weighted by Crippen LogP contribution is 2.22. The van der Waals surface area contributed by atoms with Gasteiger partial charge in [0.05, 0.1) is 17.1 Å². The fourth-order valence-corrected chi connectivity index (χ4v) is 4.88. The maximum atomic E-state index is 12.9. The van der Waals surface area contributed by atoms with Crippen LogP contribution in [0, 0.1) is 0 Å². The molecule has 11 heteroatoms. The molecule has 0 radical (unpaired) electrons. The van der Waals surface area contributed by atoms with Crippen molar-refractivity contribution in [2.75, 3.05) is 18.4 Å². The van der Waals surface area contributed by atoms with Gasteiger partial charge in [-0.3, -0.25) is 15.1 Å². The number of aromatic nitrogens is 3. The first-order valence-corrected chi connectivity index (χ1v) is 11.1. The van der Waals surface area contributed by atoms with Gasteiger partial charge in [-0.25, -0.2) is 8.42 Å². The number of morpholine rings is 1. The second-order valence-electron chi connectivity index (χ2n) is 7.19. The van der Waals surface area contributed by atoms with E-state index in [-0.39, 0.29) is 47.7 Å². The van der Waals surface area contributed by atoms with Crippen LogP contribution in [-0.2, 0) is 14.8 Å². The van der Waals surface area contributed by atoms with Crippen LogP contribution in [0.25, 0.3) is 11.6 Å². The molecule has 1 amide bonds. The summed E-state index contributed by atoms with van der Waals surface area (Å²) in [6.45, 7) is 4.24. The maximum absolute atomic E-state index is 12.9. The lowest BCUT2D eigenvalue weighted by molar-refractivity contribution is -0.0440. The number of carbonyl (C=O) groups excluding carboxylic acids is 1. The molecule has 162 valence electrons. The molecule has 0 unspecified atom stereocenters. The van der Waals surface area contributed by atoms with Gasteiger partial charge in [-0.1, -0.05) is 11.2 Å². The van der Waals surface area contributed by atoms with E-state index in [0.29, 0.717) is 5.69 Å². The molecule has 2 atom stereocenters. The Morgan fingerprint density at radius 3 is 2.42 bits per heavy atom. The fraction of sp³-hybridized carbons (Fsp3) is 0.300. The third-order valence-corrected chi connectivity index (χ3v) is 6.52. The van der Waals surface area contributed by atoms with E-state index in [1.165, 1.54) is 28.6 Å². The minimum atomic E-state index is -3.68. The Hall–Kier alpha value is -3.15. The molecule has 1 aromatic carbocycles.